The summed E-state index contributed by atoms with van der Waals surface area (Å²) in [6, 6.07) is 3.89. The molecule has 0 fully saturated rings. The van der Waals surface area contributed by atoms with Gasteiger partial charge >= 0.3 is 0 Å². The molecule has 1 aromatic rings. The number of nitro groups is 1. The lowest BCUT2D eigenvalue weighted by Gasteiger charge is -2.19. The van der Waals surface area contributed by atoms with Gasteiger partial charge in [-0.1, -0.05) is 24.4 Å². The normalized spacial score (nSPS) is 9.74. The maximum atomic E-state index is 12.3. The quantitative estimate of drug-likeness (QED) is 0.473. The Morgan fingerprint density at radius 2 is 2.26 bits per heavy atom. The van der Waals surface area contributed by atoms with Crippen molar-refractivity contribution in [1.29, 1.82) is 0 Å². The molecule has 0 aliphatic carbocycles. The number of nitro benzene ring substituents is 1. The standard InChI is InChI=1S/C13H13ClN2O3/c1-3-7-15(8-4-2)13(17)11-9-10(14)5-6-12(11)16(18)19/h1,5-6,9H,4,7-8H2,2H3. The van der Waals surface area contributed by atoms with Crippen LogP contribution >= 0.6 is 11.6 Å². The molecule has 0 N–H and O–H groups in total. The average Bonchev–Trinajstić information content (AvgIpc) is 2.37. The molecule has 100 valence electrons. The van der Waals surface area contributed by atoms with Crippen LogP contribution in [0.4, 0.5) is 5.69 Å². The lowest BCUT2D eigenvalue weighted by molar-refractivity contribution is -0.385. The molecule has 5 nitrogen and oxygen atoms in total. The first-order valence-electron chi connectivity index (χ1n) is 5.68. The molecule has 0 spiro atoms. The highest BCUT2D eigenvalue weighted by Crippen LogP contribution is 2.24. The lowest BCUT2D eigenvalue weighted by atomic mass is 10.1. The zero-order valence-corrected chi connectivity index (χ0v) is 11.2. The van der Waals surface area contributed by atoms with Crippen molar-refractivity contribution in [3.8, 4) is 12.3 Å². The van der Waals surface area contributed by atoms with E-state index in [4.69, 9.17) is 18.0 Å². The monoisotopic (exact) mass is 280 g/mol. The minimum Gasteiger partial charge on any atom is -0.327 e. The fourth-order valence-corrected chi connectivity index (χ4v) is 1.81. The Balaban J connectivity index is 3.19. The Hall–Kier alpha value is -2.06. The highest BCUT2D eigenvalue weighted by atomic mass is 35.5. The average molecular weight is 281 g/mol. The van der Waals surface area contributed by atoms with Gasteiger partial charge in [0.05, 0.1) is 11.5 Å². The molecule has 0 atom stereocenters. The largest absolute Gasteiger partial charge is 0.327 e. The molecule has 1 aromatic carbocycles. The number of carbonyl (C=O) groups excluding carboxylic acids is 1. The minimum absolute atomic E-state index is 0.0406. The second kappa shape index (κ2) is 6.76. The molecule has 0 saturated heterocycles. The number of terminal acetylenes is 1. The summed E-state index contributed by atoms with van der Waals surface area (Å²) in [7, 11) is 0. The van der Waals surface area contributed by atoms with Crippen molar-refractivity contribution in [1.82, 2.24) is 4.90 Å². The minimum atomic E-state index is -0.608. The van der Waals surface area contributed by atoms with Gasteiger partial charge in [0.15, 0.2) is 0 Å². The van der Waals surface area contributed by atoms with Gasteiger partial charge < -0.3 is 4.90 Å². The first-order chi connectivity index (χ1) is 9.01. The zero-order chi connectivity index (χ0) is 14.4. The zero-order valence-electron chi connectivity index (χ0n) is 10.4. The van der Waals surface area contributed by atoms with Crippen LogP contribution in [-0.4, -0.2) is 28.8 Å². The second-order valence-electron chi connectivity index (χ2n) is 3.85. The summed E-state index contributed by atoms with van der Waals surface area (Å²) in [6.45, 7) is 2.44. The van der Waals surface area contributed by atoms with Crippen LogP contribution in [0.2, 0.25) is 5.02 Å². The summed E-state index contributed by atoms with van der Waals surface area (Å²) in [5.41, 5.74) is -0.311. The molecule has 0 heterocycles. The topological polar surface area (TPSA) is 63.5 Å². The Morgan fingerprint density at radius 3 is 2.79 bits per heavy atom. The number of hydrogen-bond donors (Lipinski definition) is 0. The summed E-state index contributed by atoms with van der Waals surface area (Å²) in [5.74, 6) is 1.89. The van der Waals surface area contributed by atoms with Gasteiger partial charge in [-0.25, -0.2) is 0 Å². The predicted octanol–water partition coefficient (Wildman–Crippen LogP) is 2.73. The third-order valence-corrected chi connectivity index (χ3v) is 2.68. The maximum absolute atomic E-state index is 12.3. The van der Waals surface area contributed by atoms with Gasteiger partial charge in [-0.15, -0.1) is 6.42 Å². The van der Waals surface area contributed by atoms with E-state index in [1.54, 1.807) is 0 Å². The van der Waals surface area contributed by atoms with E-state index >= 15 is 0 Å². The molecule has 6 heteroatoms. The van der Waals surface area contributed by atoms with Crippen molar-refractivity contribution >= 4 is 23.2 Å². The molecule has 1 rings (SSSR count). The summed E-state index contributed by atoms with van der Waals surface area (Å²) in [6.07, 6.45) is 5.91. The highest BCUT2D eigenvalue weighted by molar-refractivity contribution is 6.31. The van der Waals surface area contributed by atoms with E-state index in [9.17, 15) is 14.9 Å². The lowest BCUT2D eigenvalue weighted by Crippen LogP contribution is -2.32. The van der Waals surface area contributed by atoms with E-state index in [-0.39, 0.29) is 22.8 Å². The molecular weight excluding hydrogens is 268 g/mol. The van der Waals surface area contributed by atoms with E-state index < -0.39 is 10.8 Å². The van der Waals surface area contributed by atoms with Crippen LogP contribution in [0.15, 0.2) is 18.2 Å². The number of halogens is 1. The SMILES string of the molecule is C#CCN(CCC)C(=O)c1cc(Cl)ccc1[N+](=O)[O-]. The van der Waals surface area contributed by atoms with Crippen molar-refractivity contribution in [3.05, 3.63) is 38.9 Å². The predicted molar refractivity (Wildman–Crippen MR) is 73.1 cm³/mol. The van der Waals surface area contributed by atoms with E-state index in [0.717, 1.165) is 0 Å². The van der Waals surface area contributed by atoms with Gasteiger partial charge in [0.2, 0.25) is 0 Å². The second-order valence-corrected chi connectivity index (χ2v) is 4.29. The van der Waals surface area contributed by atoms with Crippen LogP contribution in [0.25, 0.3) is 0 Å². The van der Waals surface area contributed by atoms with Crippen molar-refractivity contribution in [2.75, 3.05) is 13.1 Å². The summed E-state index contributed by atoms with van der Waals surface area (Å²) in [4.78, 5) is 24.0. The number of carbonyl (C=O) groups is 1. The van der Waals surface area contributed by atoms with Crippen molar-refractivity contribution < 1.29 is 9.72 Å². The van der Waals surface area contributed by atoms with Gasteiger partial charge in [-0.05, 0) is 18.6 Å². The van der Waals surface area contributed by atoms with E-state index in [1.165, 1.54) is 23.1 Å². The number of rotatable bonds is 5. The smallest absolute Gasteiger partial charge is 0.282 e. The van der Waals surface area contributed by atoms with E-state index in [2.05, 4.69) is 5.92 Å². The third-order valence-electron chi connectivity index (χ3n) is 2.45. The highest BCUT2D eigenvalue weighted by Gasteiger charge is 2.24. The van der Waals surface area contributed by atoms with Crippen LogP contribution in [0.1, 0.15) is 23.7 Å². The molecule has 0 bridgehead atoms. The number of nitrogens with zero attached hydrogens (tertiary/aromatic N) is 2. The number of hydrogen-bond acceptors (Lipinski definition) is 3. The van der Waals surface area contributed by atoms with Crippen molar-refractivity contribution in [2.24, 2.45) is 0 Å². The van der Waals surface area contributed by atoms with Crippen LogP contribution in [0.3, 0.4) is 0 Å². The molecule has 0 unspecified atom stereocenters. The number of amides is 1. The Kier molecular flexibility index (Phi) is 5.34. The first kappa shape index (κ1) is 15.0. The summed E-state index contributed by atoms with van der Waals surface area (Å²) < 4.78 is 0. The fraction of sp³-hybridized carbons (Fsp3) is 0.308. The van der Waals surface area contributed by atoms with Gasteiger partial charge in [-0.3, -0.25) is 14.9 Å². The molecule has 1 amide bonds. The van der Waals surface area contributed by atoms with Crippen LogP contribution in [0, 0.1) is 22.5 Å². The Morgan fingerprint density at radius 1 is 1.58 bits per heavy atom. The Labute approximate surface area is 116 Å². The molecule has 0 aliphatic rings. The molecular formula is C13H13ClN2O3. The van der Waals surface area contributed by atoms with Gasteiger partial charge in [0.1, 0.15) is 5.56 Å². The van der Waals surface area contributed by atoms with Crippen LogP contribution in [0.5, 0.6) is 0 Å². The maximum Gasteiger partial charge on any atom is 0.282 e. The van der Waals surface area contributed by atoms with Gasteiger partial charge in [0.25, 0.3) is 11.6 Å². The molecule has 0 radical (unpaired) electrons. The fourth-order valence-electron chi connectivity index (χ4n) is 1.64. The number of benzene rings is 1. The first-order valence-corrected chi connectivity index (χ1v) is 6.05. The molecule has 19 heavy (non-hydrogen) atoms. The van der Waals surface area contributed by atoms with E-state index in [0.29, 0.717) is 13.0 Å². The third kappa shape index (κ3) is 3.70. The summed E-state index contributed by atoms with van der Waals surface area (Å²) in [5, 5.41) is 11.2. The molecule has 0 saturated carbocycles. The Bertz CT molecular complexity index is 537. The molecule has 0 aromatic heterocycles. The van der Waals surface area contributed by atoms with Crippen LogP contribution < -0.4 is 0 Å². The van der Waals surface area contributed by atoms with Crippen LogP contribution in [-0.2, 0) is 0 Å². The van der Waals surface area contributed by atoms with Crippen molar-refractivity contribution in [2.45, 2.75) is 13.3 Å². The molecule has 0 aliphatic heterocycles. The van der Waals surface area contributed by atoms with Gasteiger partial charge in [-0.2, -0.15) is 0 Å². The van der Waals surface area contributed by atoms with Crippen molar-refractivity contribution in [3.63, 3.8) is 0 Å². The summed E-state index contributed by atoms with van der Waals surface area (Å²) >= 11 is 5.79. The van der Waals surface area contributed by atoms with Gasteiger partial charge in [0, 0.05) is 17.6 Å². The van der Waals surface area contributed by atoms with E-state index in [1.807, 2.05) is 6.92 Å².